The summed E-state index contributed by atoms with van der Waals surface area (Å²) in [6.45, 7) is 5.27. The van der Waals surface area contributed by atoms with Gasteiger partial charge in [0.25, 0.3) is 0 Å². The van der Waals surface area contributed by atoms with Gasteiger partial charge in [0, 0.05) is 16.0 Å². The number of thiazole rings is 1. The van der Waals surface area contributed by atoms with Crippen molar-refractivity contribution in [3.05, 3.63) is 50.4 Å². The topological polar surface area (TPSA) is 24.9 Å². The van der Waals surface area contributed by atoms with E-state index in [1.54, 1.807) is 11.3 Å². The van der Waals surface area contributed by atoms with Crippen LogP contribution in [0.3, 0.4) is 0 Å². The van der Waals surface area contributed by atoms with E-state index in [9.17, 15) is 0 Å². The van der Waals surface area contributed by atoms with Crippen molar-refractivity contribution < 1.29 is 0 Å². The Labute approximate surface area is 121 Å². The van der Waals surface area contributed by atoms with Gasteiger partial charge >= 0.3 is 0 Å². The van der Waals surface area contributed by atoms with Gasteiger partial charge in [-0.3, -0.25) is 0 Å². The first kappa shape index (κ1) is 13.7. The lowest BCUT2D eigenvalue weighted by atomic mass is 10.1. The number of benzene rings is 1. The standard InChI is InChI=1S/C14H17BrN2S/c1-3-6-16-13(14-17-7-8-18-14)11-5-4-10(2)9-12(11)15/h4-5,7-9,13,16H,3,6H2,1-2H3. The molecule has 2 aromatic rings. The number of rotatable bonds is 5. The SMILES string of the molecule is CCCNC(c1nccs1)c1ccc(C)cc1Br. The smallest absolute Gasteiger partial charge is 0.114 e. The summed E-state index contributed by atoms with van der Waals surface area (Å²) in [7, 11) is 0. The van der Waals surface area contributed by atoms with Crippen molar-refractivity contribution in [1.82, 2.24) is 10.3 Å². The van der Waals surface area contributed by atoms with E-state index in [2.05, 4.69) is 58.3 Å². The van der Waals surface area contributed by atoms with E-state index in [4.69, 9.17) is 0 Å². The first-order valence-electron chi connectivity index (χ1n) is 6.11. The zero-order chi connectivity index (χ0) is 13.0. The maximum atomic E-state index is 4.44. The van der Waals surface area contributed by atoms with Gasteiger partial charge in [0.05, 0.1) is 6.04 Å². The molecule has 0 radical (unpaired) electrons. The molecule has 0 saturated heterocycles. The van der Waals surface area contributed by atoms with Gasteiger partial charge in [-0.1, -0.05) is 35.0 Å². The Balaban J connectivity index is 2.33. The zero-order valence-electron chi connectivity index (χ0n) is 10.6. The summed E-state index contributed by atoms with van der Waals surface area (Å²) in [6, 6.07) is 6.66. The fourth-order valence-electron chi connectivity index (χ4n) is 1.86. The highest BCUT2D eigenvalue weighted by Crippen LogP contribution is 2.30. The number of aryl methyl sites for hydroxylation is 1. The minimum Gasteiger partial charge on any atom is -0.304 e. The molecular weight excluding hydrogens is 308 g/mol. The molecule has 2 rings (SSSR count). The summed E-state index contributed by atoms with van der Waals surface area (Å²) in [5.74, 6) is 0. The predicted octanol–water partition coefficient (Wildman–Crippen LogP) is 4.30. The summed E-state index contributed by atoms with van der Waals surface area (Å²) in [4.78, 5) is 4.44. The Morgan fingerprint density at radius 1 is 1.44 bits per heavy atom. The highest BCUT2D eigenvalue weighted by molar-refractivity contribution is 9.10. The Morgan fingerprint density at radius 3 is 2.89 bits per heavy atom. The fraction of sp³-hybridized carbons (Fsp3) is 0.357. The molecule has 1 unspecified atom stereocenters. The lowest BCUT2D eigenvalue weighted by molar-refractivity contribution is 0.594. The quantitative estimate of drug-likeness (QED) is 0.886. The van der Waals surface area contributed by atoms with Crippen LogP contribution in [0.1, 0.15) is 35.5 Å². The maximum Gasteiger partial charge on any atom is 0.114 e. The van der Waals surface area contributed by atoms with E-state index >= 15 is 0 Å². The molecular formula is C14H17BrN2S. The van der Waals surface area contributed by atoms with Gasteiger partial charge < -0.3 is 5.32 Å². The Hall–Kier alpha value is -0.710. The third-order valence-electron chi connectivity index (χ3n) is 2.76. The first-order valence-corrected chi connectivity index (χ1v) is 7.78. The molecule has 1 N–H and O–H groups in total. The Morgan fingerprint density at radius 2 is 2.28 bits per heavy atom. The lowest BCUT2D eigenvalue weighted by Crippen LogP contribution is -2.23. The fourth-order valence-corrected chi connectivity index (χ4v) is 3.31. The number of nitrogens with one attached hydrogen (secondary N) is 1. The number of hydrogen-bond acceptors (Lipinski definition) is 3. The molecule has 0 aliphatic heterocycles. The molecule has 1 aromatic heterocycles. The lowest BCUT2D eigenvalue weighted by Gasteiger charge is -2.18. The van der Waals surface area contributed by atoms with Crippen molar-refractivity contribution in [2.45, 2.75) is 26.3 Å². The summed E-state index contributed by atoms with van der Waals surface area (Å²) >= 11 is 5.36. The van der Waals surface area contributed by atoms with Crippen LogP contribution in [0.5, 0.6) is 0 Å². The molecule has 96 valence electrons. The monoisotopic (exact) mass is 324 g/mol. The van der Waals surface area contributed by atoms with Crippen LogP contribution >= 0.6 is 27.3 Å². The number of halogens is 1. The summed E-state index contributed by atoms with van der Waals surface area (Å²) in [5, 5.41) is 6.71. The highest BCUT2D eigenvalue weighted by atomic mass is 79.9. The maximum absolute atomic E-state index is 4.44. The van der Waals surface area contributed by atoms with Crippen molar-refractivity contribution in [3.8, 4) is 0 Å². The predicted molar refractivity (Wildman–Crippen MR) is 81.1 cm³/mol. The molecule has 4 heteroatoms. The number of hydrogen-bond donors (Lipinski definition) is 1. The summed E-state index contributed by atoms with van der Waals surface area (Å²) in [6.07, 6.45) is 2.98. The molecule has 0 aliphatic carbocycles. The largest absolute Gasteiger partial charge is 0.304 e. The van der Waals surface area contributed by atoms with Gasteiger partial charge in [-0.05, 0) is 37.1 Å². The van der Waals surface area contributed by atoms with Crippen molar-refractivity contribution >= 4 is 27.3 Å². The van der Waals surface area contributed by atoms with Crippen molar-refractivity contribution in [1.29, 1.82) is 0 Å². The van der Waals surface area contributed by atoms with Crippen LogP contribution in [-0.4, -0.2) is 11.5 Å². The average molecular weight is 325 g/mol. The van der Waals surface area contributed by atoms with E-state index in [0.717, 1.165) is 22.4 Å². The van der Waals surface area contributed by atoms with Gasteiger partial charge in [0.15, 0.2) is 0 Å². The van der Waals surface area contributed by atoms with Crippen LogP contribution in [0.25, 0.3) is 0 Å². The van der Waals surface area contributed by atoms with Crippen molar-refractivity contribution in [2.24, 2.45) is 0 Å². The van der Waals surface area contributed by atoms with Crippen LogP contribution in [0, 0.1) is 6.92 Å². The molecule has 0 amide bonds. The van der Waals surface area contributed by atoms with Crippen LogP contribution in [0.2, 0.25) is 0 Å². The van der Waals surface area contributed by atoms with Gasteiger partial charge in [-0.2, -0.15) is 0 Å². The summed E-state index contributed by atoms with van der Waals surface area (Å²) < 4.78 is 1.14. The highest BCUT2D eigenvalue weighted by Gasteiger charge is 2.18. The Bertz CT molecular complexity index is 497. The van der Waals surface area contributed by atoms with E-state index in [1.165, 1.54) is 11.1 Å². The molecule has 1 heterocycles. The van der Waals surface area contributed by atoms with Gasteiger partial charge in [-0.25, -0.2) is 4.98 Å². The minimum atomic E-state index is 0.180. The molecule has 0 spiro atoms. The molecule has 0 bridgehead atoms. The average Bonchev–Trinajstić information content (AvgIpc) is 2.85. The second-order valence-corrected chi connectivity index (χ2v) is 6.06. The zero-order valence-corrected chi connectivity index (χ0v) is 13.0. The minimum absolute atomic E-state index is 0.180. The van der Waals surface area contributed by atoms with Crippen LogP contribution in [0.15, 0.2) is 34.2 Å². The Kier molecular flexibility index (Phi) is 4.92. The third-order valence-corrected chi connectivity index (χ3v) is 4.29. The molecule has 18 heavy (non-hydrogen) atoms. The van der Waals surface area contributed by atoms with Crippen LogP contribution in [0.4, 0.5) is 0 Å². The van der Waals surface area contributed by atoms with E-state index < -0.39 is 0 Å². The first-order chi connectivity index (χ1) is 8.72. The molecule has 1 atom stereocenters. The van der Waals surface area contributed by atoms with Crippen LogP contribution in [-0.2, 0) is 0 Å². The second-order valence-electron chi connectivity index (χ2n) is 4.28. The normalized spacial score (nSPS) is 12.6. The van der Waals surface area contributed by atoms with Crippen LogP contribution < -0.4 is 5.32 Å². The van der Waals surface area contributed by atoms with Crippen molar-refractivity contribution in [3.63, 3.8) is 0 Å². The van der Waals surface area contributed by atoms with E-state index in [1.807, 2.05) is 11.6 Å². The molecule has 0 saturated carbocycles. The molecule has 0 fully saturated rings. The second kappa shape index (κ2) is 6.45. The third kappa shape index (κ3) is 3.19. The van der Waals surface area contributed by atoms with Gasteiger partial charge in [0.1, 0.15) is 5.01 Å². The number of aromatic nitrogens is 1. The van der Waals surface area contributed by atoms with E-state index in [-0.39, 0.29) is 6.04 Å². The number of nitrogens with zero attached hydrogens (tertiary/aromatic N) is 1. The van der Waals surface area contributed by atoms with Crippen molar-refractivity contribution in [2.75, 3.05) is 6.54 Å². The van der Waals surface area contributed by atoms with E-state index in [0.29, 0.717) is 0 Å². The summed E-state index contributed by atoms with van der Waals surface area (Å²) in [5.41, 5.74) is 2.52. The molecule has 1 aromatic carbocycles. The molecule has 2 nitrogen and oxygen atoms in total. The molecule has 0 aliphatic rings. The van der Waals surface area contributed by atoms with Gasteiger partial charge in [0.2, 0.25) is 0 Å². The van der Waals surface area contributed by atoms with Gasteiger partial charge in [-0.15, -0.1) is 11.3 Å².